The highest BCUT2D eigenvalue weighted by molar-refractivity contribution is 9.10. The monoisotopic (exact) mass is 278 g/mol. The van der Waals surface area contributed by atoms with E-state index in [1.165, 1.54) is 0 Å². The molecule has 0 atom stereocenters. The Labute approximate surface area is 102 Å². The molecule has 0 spiro atoms. The van der Waals surface area contributed by atoms with E-state index in [2.05, 4.69) is 21.0 Å². The van der Waals surface area contributed by atoms with Crippen LogP contribution in [0.5, 0.6) is 0 Å². The lowest BCUT2D eigenvalue weighted by Crippen LogP contribution is -2.04. The molecule has 3 nitrogen and oxygen atoms in total. The first-order chi connectivity index (χ1) is 7.69. The van der Waals surface area contributed by atoms with Gasteiger partial charge in [-0.1, -0.05) is 12.1 Å². The first kappa shape index (κ1) is 10.1. The van der Waals surface area contributed by atoms with Crippen LogP contribution in [0.2, 0.25) is 0 Å². The van der Waals surface area contributed by atoms with E-state index in [0.29, 0.717) is 0 Å². The van der Waals surface area contributed by atoms with Gasteiger partial charge in [0.2, 0.25) is 0 Å². The molecular formula is C12H11BrN2O. The zero-order chi connectivity index (χ0) is 11.2. The van der Waals surface area contributed by atoms with Crippen LogP contribution in [-0.4, -0.2) is 14.9 Å². The number of hydrogen-bond acceptors (Lipinski definition) is 2. The van der Waals surface area contributed by atoms with Crippen molar-refractivity contribution in [2.75, 3.05) is 0 Å². The third kappa shape index (κ3) is 1.58. The summed E-state index contributed by atoms with van der Waals surface area (Å²) in [6.07, 6.45) is 3.49. The fourth-order valence-corrected chi connectivity index (χ4v) is 2.21. The minimum atomic E-state index is -0.556. The van der Waals surface area contributed by atoms with Crippen LogP contribution < -0.4 is 0 Å². The molecule has 0 unspecified atom stereocenters. The fraction of sp³-hybridized carbons (Fsp3) is 0.250. The number of benzene rings is 1. The number of rotatable bonds is 2. The Hall–Kier alpha value is -1.13. The second-order valence-electron chi connectivity index (χ2n) is 4.14. The van der Waals surface area contributed by atoms with Gasteiger partial charge in [0.1, 0.15) is 4.60 Å². The lowest BCUT2D eigenvalue weighted by atomic mass is 10.1. The van der Waals surface area contributed by atoms with E-state index in [1.807, 2.05) is 30.3 Å². The van der Waals surface area contributed by atoms with E-state index in [-0.39, 0.29) is 0 Å². The van der Waals surface area contributed by atoms with E-state index < -0.39 is 5.60 Å². The molecule has 1 aliphatic rings. The lowest BCUT2D eigenvalue weighted by Gasteiger charge is -2.09. The van der Waals surface area contributed by atoms with Crippen LogP contribution in [0, 0.1) is 0 Å². The average molecular weight is 279 g/mol. The molecular weight excluding hydrogens is 268 g/mol. The maximum absolute atomic E-state index is 9.94. The molecule has 0 aliphatic heterocycles. The van der Waals surface area contributed by atoms with Crippen molar-refractivity contribution in [3.05, 3.63) is 46.7 Å². The molecule has 82 valence electrons. The zero-order valence-electron chi connectivity index (χ0n) is 8.60. The molecule has 1 N–H and O–H groups in total. The maximum atomic E-state index is 9.94. The number of hydrogen-bond donors (Lipinski definition) is 1. The molecule has 1 aliphatic carbocycles. The Bertz CT molecular complexity index is 514. The highest BCUT2D eigenvalue weighted by Crippen LogP contribution is 2.45. The van der Waals surface area contributed by atoms with Gasteiger partial charge < -0.3 is 5.11 Å². The van der Waals surface area contributed by atoms with Gasteiger partial charge in [0.05, 0.1) is 17.5 Å². The highest BCUT2D eigenvalue weighted by Gasteiger charge is 2.41. The largest absolute Gasteiger partial charge is 0.385 e. The van der Waals surface area contributed by atoms with Gasteiger partial charge in [-0.15, -0.1) is 0 Å². The van der Waals surface area contributed by atoms with Gasteiger partial charge in [0.25, 0.3) is 0 Å². The number of nitrogens with zero attached hydrogens (tertiary/aromatic N) is 2. The summed E-state index contributed by atoms with van der Waals surface area (Å²) >= 11 is 3.42. The van der Waals surface area contributed by atoms with Gasteiger partial charge in [-0.05, 0) is 52.5 Å². The predicted molar refractivity (Wildman–Crippen MR) is 64.4 cm³/mol. The summed E-state index contributed by atoms with van der Waals surface area (Å²) in [6, 6.07) is 9.78. The Morgan fingerprint density at radius 3 is 2.38 bits per heavy atom. The van der Waals surface area contributed by atoms with Crippen molar-refractivity contribution in [1.29, 1.82) is 0 Å². The molecule has 3 rings (SSSR count). The van der Waals surface area contributed by atoms with Gasteiger partial charge in [0, 0.05) is 0 Å². The topological polar surface area (TPSA) is 38.0 Å². The van der Waals surface area contributed by atoms with Crippen molar-refractivity contribution in [1.82, 2.24) is 9.78 Å². The molecule has 1 aromatic heterocycles. The average Bonchev–Trinajstić information content (AvgIpc) is 2.90. The van der Waals surface area contributed by atoms with Crippen LogP contribution in [0.15, 0.2) is 41.1 Å². The van der Waals surface area contributed by atoms with Crippen LogP contribution in [-0.2, 0) is 5.60 Å². The summed E-state index contributed by atoms with van der Waals surface area (Å²) in [5.41, 5.74) is 1.43. The second kappa shape index (κ2) is 3.43. The lowest BCUT2D eigenvalue weighted by molar-refractivity contribution is 0.151. The van der Waals surface area contributed by atoms with Gasteiger partial charge >= 0.3 is 0 Å². The van der Waals surface area contributed by atoms with E-state index in [4.69, 9.17) is 0 Å². The van der Waals surface area contributed by atoms with Crippen molar-refractivity contribution in [3.8, 4) is 5.69 Å². The van der Waals surface area contributed by atoms with Crippen molar-refractivity contribution in [3.63, 3.8) is 0 Å². The highest BCUT2D eigenvalue weighted by atomic mass is 79.9. The van der Waals surface area contributed by atoms with Crippen molar-refractivity contribution in [2.24, 2.45) is 0 Å². The minimum absolute atomic E-state index is 0.556. The van der Waals surface area contributed by atoms with Gasteiger partial charge in [-0.3, -0.25) is 0 Å². The standard InChI is InChI=1S/C12H11BrN2O/c13-11-5-8-14-15(11)10-3-1-9(2-4-10)12(16)6-7-12/h1-5,8,16H,6-7H2. The Balaban J connectivity index is 1.96. The Morgan fingerprint density at radius 2 is 1.88 bits per heavy atom. The number of aliphatic hydroxyl groups is 1. The van der Waals surface area contributed by atoms with Crippen LogP contribution in [0.1, 0.15) is 18.4 Å². The SMILES string of the molecule is OC1(c2ccc(-n3nccc3Br)cc2)CC1. The molecule has 1 heterocycles. The van der Waals surface area contributed by atoms with Crippen molar-refractivity contribution >= 4 is 15.9 Å². The second-order valence-corrected chi connectivity index (χ2v) is 4.96. The molecule has 1 fully saturated rings. The molecule has 1 aromatic carbocycles. The molecule has 2 aromatic rings. The van der Waals surface area contributed by atoms with E-state index in [1.54, 1.807) is 10.9 Å². The van der Waals surface area contributed by atoms with E-state index in [0.717, 1.165) is 28.7 Å². The smallest absolute Gasteiger partial charge is 0.109 e. The molecule has 0 radical (unpaired) electrons. The molecule has 16 heavy (non-hydrogen) atoms. The van der Waals surface area contributed by atoms with E-state index >= 15 is 0 Å². The molecule has 1 saturated carbocycles. The molecule has 0 bridgehead atoms. The number of halogens is 1. The first-order valence-corrected chi connectivity index (χ1v) is 6.01. The van der Waals surface area contributed by atoms with E-state index in [9.17, 15) is 5.11 Å². The normalized spacial score (nSPS) is 17.4. The quantitative estimate of drug-likeness (QED) is 0.917. The molecule has 4 heteroatoms. The number of aromatic nitrogens is 2. The summed E-state index contributed by atoms with van der Waals surface area (Å²) in [5.74, 6) is 0. The summed E-state index contributed by atoms with van der Waals surface area (Å²) in [5, 5.41) is 14.1. The van der Waals surface area contributed by atoms with Crippen molar-refractivity contribution < 1.29 is 5.11 Å². The molecule has 0 amide bonds. The zero-order valence-corrected chi connectivity index (χ0v) is 10.2. The third-order valence-corrected chi connectivity index (χ3v) is 3.57. The van der Waals surface area contributed by atoms with Gasteiger partial charge in [-0.25, -0.2) is 4.68 Å². The summed E-state index contributed by atoms with van der Waals surface area (Å²) in [4.78, 5) is 0. The minimum Gasteiger partial charge on any atom is -0.385 e. The summed E-state index contributed by atoms with van der Waals surface area (Å²) in [6.45, 7) is 0. The predicted octanol–water partition coefficient (Wildman–Crippen LogP) is 2.62. The first-order valence-electron chi connectivity index (χ1n) is 5.22. The fourth-order valence-electron chi connectivity index (χ4n) is 1.80. The summed E-state index contributed by atoms with van der Waals surface area (Å²) in [7, 11) is 0. The molecule has 0 saturated heterocycles. The third-order valence-electron chi connectivity index (χ3n) is 2.97. The van der Waals surface area contributed by atoms with Crippen molar-refractivity contribution in [2.45, 2.75) is 18.4 Å². The van der Waals surface area contributed by atoms with Gasteiger partial charge in [0.15, 0.2) is 0 Å². The Kier molecular flexibility index (Phi) is 2.16. The van der Waals surface area contributed by atoms with Crippen LogP contribution in [0.25, 0.3) is 5.69 Å². The Morgan fingerprint density at radius 1 is 1.19 bits per heavy atom. The maximum Gasteiger partial charge on any atom is 0.109 e. The van der Waals surface area contributed by atoms with Crippen LogP contribution >= 0.6 is 15.9 Å². The van der Waals surface area contributed by atoms with Crippen LogP contribution in [0.4, 0.5) is 0 Å². The van der Waals surface area contributed by atoms with Crippen LogP contribution in [0.3, 0.4) is 0 Å². The van der Waals surface area contributed by atoms with Gasteiger partial charge in [-0.2, -0.15) is 5.10 Å². The summed E-state index contributed by atoms with van der Waals surface area (Å²) < 4.78 is 2.73.